The van der Waals surface area contributed by atoms with Crippen molar-refractivity contribution in [2.45, 2.75) is 71.2 Å². The number of ether oxygens (including phenoxy) is 2. The van der Waals surface area contributed by atoms with Gasteiger partial charge in [0.05, 0.1) is 12.6 Å². The SMILES string of the molecule is CC(C)(C)OC(=O)N1C(CC2(C=O)CC2)COC1(C)C. The molecule has 2 fully saturated rings. The third-order valence-electron chi connectivity index (χ3n) is 3.95. The predicted octanol–water partition coefficient (Wildman–Crippen LogP) is 2.73. The van der Waals surface area contributed by atoms with Gasteiger partial charge >= 0.3 is 6.09 Å². The molecule has 0 spiro atoms. The summed E-state index contributed by atoms with van der Waals surface area (Å²) in [6, 6.07) is -0.0902. The fourth-order valence-electron chi connectivity index (χ4n) is 2.71. The molecule has 0 aromatic heterocycles. The normalized spacial score (nSPS) is 27.2. The third-order valence-corrected chi connectivity index (χ3v) is 3.95. The highest BCUT2D eigenvalue weighted by Crippen LogP contribution is 2.49. The molecule has 2 aliphatic rings. The van der Waals surface area contributed by atoms with E-state index in [4.69, 9.17) is 9.47 Å². The predicted molar refractivity (Wildman–Crippen MR) is 74.2 cm³/mol. The van der Waals surface area contributed by atoms with Gasteiger partial charge in [-0.05, 0) is 53.9 Å². The molecule has 1 amide bonds. The van der Waals surface area contributed by atoms with Crippen LogP contribution in [0.25, 0.3) is 0 Å². The zero-order valence-corrected chi connectivity index (χ0v) is 13.1. The first kappa shape index (κ1) is 15.3. The highest BCUT2D eigenvalue weighted by atomic mass is 16.6. The van der Waals surface area contributed by atoms with Crippen molar-refractivity contribution in [2.24, 2.45) is 5.41 Å². The van der Waals surface area contributed by atoms with Crippen molar-refractivity contribution in [1.82, 2.24) is 4.90 Å². The highest BCUT2D eigenvalue weighted by Gasteiger charge is 2.52. The topological polar surface area (TPSA) is 55.8 Å². The molecule has 2 rings (SSSR count). The molecular formula is C15H25NO4. The first-order chi connectivity index (χ1) is 9.09. The molecular weight excluding hydrogens is 258 g/mol. The zero-order chi connectivity index (χ0) is 15.2. The first-order valence-electron chi connectivity index (χ1n) is 7.21. The van der Waals surface area contributed by atoms with E-state index in [0.717, 1.165) is 19.1 Å². The van der Waals surface area contributed by atoms with E-state index in [-0.39, 0.29) is 17.6 Å². The Hall–Kier alpha value is -1.10. The highest BCUT2D eigenvalue weighted by molar-refractivity contribution is 5.70. The van der Waals surface area contributed by atoms with Gasteiger partial charge in [-0.2, -0.15) is 0 Å². The lowest BCUT2D eigenvalue weighted by molar-refractivity contribution is -0.113. The third kappa shape index (κ3) is 3.14. The Bertz CT molecular complexity index is 407. The fourth-order valence-corrected chi connectivity index (χ4v) is 2.71. The van der Waals surface area contributed by atoms with Gasteiger partial charge in [0.25, 0.3) is 0 Å². The van der Waals surface area contributed by atoms with E-state index in [0.29, 0.717) is 13.0 Å². The molecule has 1 aliphatic heterocycles. The number of aldehydes is 1. The molecule has 1 atom stereocenters. The Balaban J connectivity index is 2.12. The lowest BCUT2D eigenvalue weighted by atomic mass is 9.98. The van der Waals surface area contributed by atoms with Gasteiger partial charge in [-0.15, -0.1) is 0 Å². The maximum atomic E-state index is 12.4. The van der Waals surface area contributed by atoms with E-state index in [1.54, 1.807) is 4.90 Å². The Kier molecular flexibility index (Phi) is 3.61. The molecule has 0 aromatic rings. The minimum Gasteiger partial charge on any atom is -0.444 e. The summed E-state index contributed by atoms with van der Waals surface area (Å²) >= 11 is 0. The molecule has 1 saturated carbocycles. The summed E-state index contributed by atoms with van der Waals surface area (Å²) in [5.74, 6) is 0. The first-order valence-corrected chi connectivity index (χ1v) is 7.21. The molecule has 5 heteroatoms. The molecule has 1 saturated heterocycles. The van der Waals surface area contributed by atoms with Gasteiger partial charge in [-0.3, -0.25) is 4.90 Å². The lowest BCUT2D eigenvalue weighted by Gasteiger charge is -2.35. The summed E-state index contributed by atoms with van der Waals surface area (Å²) in [5.41, 5.74) is -1.47. The lowest BCUT2D eigenvalue weighted by Crippen LogP contribution is -2.50. The van der Waals surface area contributed by atoms with E-state index >= 15 is 0 Å². The van der Waals surface area contributed by atoms with Gasteiger partial charge in [0, 0.05) is 5.41 Å². The number of amides is 1. The molecule has 0 aromatic carbocycles. The van der Waals surface area contributed by atoms with Crippen LogP contribution < -0.4 is 0 Å². The Labute approximate surface area is 120 Å². The largest absolute Gasteiger partial charge is 0.444 e. The van der Waals surface area contributed by atoms with E-state index in [1.165, 1.54) is 0 Å². The van der Waals surface area contributed by atoms with Crippen molar-refractivity contribution in [3.8, 4) is 0 Å². The summed E-state index contributed by atoms with van der Waals surface area (Å²) in [5, 5.41) is 0. The smallest absolute Gasteiger partial charge is 0.412 e. The van der Waals surface area contributed by atoms with E-state index in [1.807, 2.05) is 34.6 Å². The number of carbonyl (C=O) groups is 2. The van der Waals surface area contributed by atoms with E-state index in [2.05, 4.69) is 0 Å². The summed E-state index contributed by atoms with van der Waals surface area (Å²) in [4.78, 5) is 25.2. The Morgan fingerprint density at radius 1 is 1.40 bits per heavy atom. The standard InChI is InChI=1S/C15H25NO4/c1-13(2,3)20-12(18)16-11(9-19-14(16,4)5)8-15(10-17)6-7-15/h10-11H,6-9H2,1-5H3. The van der Waals surface area contributed by atoms with Gasteiger partial charge in [0.2, 0.25) is 0 Å². The molecule has 5 nitrogen and oxygen atoms in total. The van der Waals surface area contributed by atoms with Crippen molar-refractivity contribution in [2.75, 3.05) is 6.61 Å². The minimum atomic E-state index is -0.689. The molecule has 1 aliphatic carbocycles. The molecule has 1 heterocycles. The summed E-state index contributed by atoms with van der Waals surface area (Å²) in [6.45, 7) is 9.71. The second-order valence-electron chi connectivity index (χ2n) is 7.45. The summed E-state index contributed by atoms with van der Waals surface area (Å²) in [7, 11) is 0. The number of hydrogen-bond acceptors (Lipinski definition) is 4. The van der Waals surface area contributed by atoms with E-state index < -0.39 is 11.3 Å². The molecule has 20 heavy (non-hydrogen) atoms. The van der Waals surface area contributed by atoms with Crippen molar-refractivity contribution in [1.29, 1.82) is 0 Å². The Morgan fingerprint density at radius 3 is 2.45 bits per heavy atom. The second-order valence-corrected chi connectivity index (χ2v) is 7.45. The molecule has 114 valence electrons. The van der Waals surface area contributed by atoms with Gasteiger partial charge < -0.3 is 14.3 Å². The number of carbonyl (C=O) groups excluding carboxylic acids is 2. The summed E-state index contributed by atoms with van der Waals surface area (Å²) < 4.78 is 11.2. The maximum Gasteiger partial charge on any atom is 0.412 e. The quantitative estimate of drug-likeness (QED) is 0.747. The zero-order valence-electron chi connectivity index (χ0n) is 13.1. The number of nitrogens with zero attached hydrogens (tertiary/aromatic N) is 1. The van der Waals surface area contributed by atoms with Gasteiger partial charge in [0.1, 0.15) is 17.6 Å². The van der Waals surface area contributed by atoms with Crippen LogP contribution in [0.15, 0.2) is 0 Å². The molecule has 0 bridgehead atoms. The second kappa shape index (κ2) is 4.72. The van der Waals surface area contributed by atoms with Crippen LogP contribution in [0.5, 0.6) is 0 Å². The van der Waals surface area contributed by atoms with Gasteiger partial charge in [-0.1, -0.05) is 0 Å². The average molecular weight is 283 g/mol. The average Bonchev–Trinajstić information content (AvgIpc) is 2.97. The van der Waals surface area contributed by atoms with Crippen LogP contribution in [-0.2, 0) is 14.3 Å². The van der Waals surface area contributed by atoms with Gasteiger partial charge in [0.15, 0.2) is 0 Å². The van der Waals surface area contributed by atoms with Crippen LogP contribution in [0.3, 0.4) is 0 Å². The van der Waals surface area contributed by atoms with Crippen LogP contribution in [0.2, 0.25) is 0 Å². The van der Waals surface area contributed by atoms with Crippen LogP contribution in [-0.4, -0.2) is 41.3 Å². The Morgan fingerprint density at radius 2 is 2.00 bits per heavy atom. The van der Waals surface area contributed by atoms with Crippen LogP contribution in [0.4, 0.5) is 4.79 Å². The monoisotopic (exact) mass is 283 g/mol. The maximum absolute atomic E-state index is 12.4. The summed E-state index contributed by atoms with van der Waals surface area (Å²) in [6.07, 6.45) is 3.15. The van der Waals surface area contributed by atoms with Crippen LogP contribution in [0.1, 0.15) is 53.9 Å². The molecule has 1 unspecified atom stereocenters. The number of hydrogen-bond donors (Lipinski definition) is 0. The number of rotatable bonds is 3. The van der Waals surface area contributed by atoms with Crippen molar-refractivity contribution in [3.05, 3.63) is 0 Å². The van der Waals surface area contributed by atoms with Crippen LogP contribution in [0, 0.1) is 5.41 Å². The van der Waals surface area contributed by atoms with Crippen LogP contribution >= 0.6 is 0 Å². The van der Waals surface area contributed by atoms with Crippen molar-refractivity contribution >= 4 is 12.4 Å². The molecule has 0 radical (unpaired) electrons. The minimum absolute atomic E-state index is 0.0902. The van der Waals surface area contributed by atoms with E-state index in [9.17, 15) is 9.59 Å². The fraction of sp³-hybridized carbons (Fsp3) is 0.867. The molecule has 0 N–H and O–H groups in total. The van der Waals surface area contributed by atoms with Crippen molar-refractivity contribution < 1.29 is 19.1 Å². The van der Waals surface area contributed by atoms with Crippen molar-refractivity contribution in [3.63, 3.8) is 0 Å². The van der Waals surface area contributed by atoms with Gasteiger partial charge in [-0.25, -0.2) is 4.79 Å².